The smallest absolute Gasteiger partial charge is 0.188 e. The summed E-state index contributed by atoms with van der Waals surface area (Å²) < 4.78 is 4.67. The minimum absolute atomic E-state index is 0.545. The Morgan fingerprint density at radius 3 is 1.59 bits per heavy atom. The maximum absolute atomic E-state index is 10.5. The fraction of sp³-hybridized carbons (Fsp3) is 0.0175. The first-order valence-electron chi connectivity index (χ1n) is 20.5. The first-order valence-corrected chi connectivity index (χ1v) is 20.5. The molecule has 11 aromatic rings. The molecule has 0 saturated carbocycles. The molecule has 0 aliphatic heterocycles. The minimum Gasteiger partial charge on any atom is -0.309 e. The summed E-state index contributed by atoms with van der Waals surface area (Å²) in [6.07, 6.45) is 0. The molecule has 0 N–H and O–H groups in total. The van der Waals surface area contributed by atoms with Gasteiger partial charge in [0.1, 0.15) is 0 Å². The summed E-state index contributed by atoms with van der Waals surface area (Å²) in [7, 11) is 0. The topological polar surface area (TPSA) is 38.0 Å². The van der Waals surface area contributed by atoms with E-state index in [1.165, 1.54) is 33.4 Å². The Kier molecular flexibility index (Phi) is 7.54. The van der Waals surface area contributed by atoms with Crippen LogP contribution in [-0.2, 0) is 5.41 Å². The number of rotatable bonds is 5. The van der Waals surface area contributed by atoms with E-state index in [9.17, 15) is 5.26 Å². The lowest BCUT2D eigenvalue weighted by molar-refractivity contribution is 0.769. The van der Waals surface area contributed by atoms with Gasteiger partial charge in [0.05, 0.1) is 57.1 Å². The average Bonchev–Trinajstić information content (AvgIpc) is 3.95. The highest BCUT2D eigenvalue weighted by molar-refractivity contribution is 6.13. The lowest BCUT2D eigenvalue weighted by Crippen LogP contribution is -2.28. The molecule has 2 heterocycles. The maximum atomic E-state index is 10.5. The molecule has 2 aromatic heterocycles. The molecule has 0 spiro atoms. The number of hydrogen-bond donors (Lipinski definition) is 0. The SMILES string of the molecule is [C-]#[N+]c1ccc(-n2c3ccccc3c3ccccc32)c(-c2ccc(C#N)cc2-n2c3ccccc3c3cc4c(cc32)C(c2ccccc2)(c2ccccc2)c2ccccc2-4)c1. The fourth-order valence-corrected chi connectivity index (χ4v) is 10.4. The van der Waals surface area contributed by atoms with Crippen molar-refractivity contribution in [2.24, 2.45) is 0 Å². The van der Waals surface area contributed by atoms with Crippen molar-refractivity contribution in [3.63, 3.8) is 0 Å². The molecule has 0 fully saturated rings. The van der Waals surface area contributed by atoms with Gasteiger partial charge in [0.25, 0.3) is 0 Å². The van der Waals surface area contributed by atoms with Crippen molar-refractivity contribution in [1.82, 2.24) is 9.13 Å². The zero-order valence-corrected chi connectivity index (χ0v) is 32.9. The molecule has 9 aromatic carbocycles. The van der Waals surface area contributed by atoms with E-state index >= 15 is 0 Å². The molecule has 4 nitrogen and oxygen atoms in total. The van der Waals surface area contributed by atoms with Gasteiger partial charge >= 0.3 is 0 Å². The highest BCUT2D eigenvalue weighted by atomic mass is 15.0. The van der Waals surface area contributed by atoms with Crippen molar-refractivity contribution < 1.29 is 0 Å². The van der Waals surface area contributed by atoms with E-state index in [1.54, 1.807) is 0 Å². The summed E-state index contributed by atoms with van der Waals surface area (Å²) in [5.41, 5.74) is 15.7. The van der Waals surface area contributed by atoms with Crippen LogP contribution in [0.3, 0.4) is 0 Å². The Balaban J connectivity index is 1.21. The molecule has 12 rings (SSSR count). The van der Waals surface area contributed by atoms with Crippen LogP contribution >= 0.6 is 0 Å². The van der Waals surface area contributed by atoms with Crippen LogP contribution in [0.25, 0.3) is 82.1 Å². The zero-order valence-electron chi connectivity index (χ0n) is 32.9. The Hall–Kier alpha value is -8.44. The van der Waals surface area contributed by atoms with Crippen molar-refractivity contribution in [3.8, 4) is 39.7 Å². The third kappa shape index (κ3) is 4.85. The van der Waals surface area contributed by atoms with Crippen LogP contribution in [0.5, 0.6) is 0 Å². The molecule has 0 radical (unpaired) electrons. The molecule has 0 amide bonds. The van der Waals surface area contributed by atoms with Gasteiger partial charge in [-0.2, -0.15) is 5.26 Å². The van der Waals surface area contributed by atoms with Crippen LogP contribution < -0.4 is 0 Å². The molecular weight excluding hydrogens is 741 g/mol. The fourth-order valence-electron chi connectivity index (χ4n) is 10.4. The Labute approximate surface area is 352 Å². The molecule has 61 heavy (non-hydrogen) atoms. The first kappa shape index (κ1) is 34.6. The van der Waals surface area contributed by atoms with E-state index in [1.807, 2.05) is 24.3 Å². The highest BCUT2D eigenvalue weighted by Gasteiger charge is 2.46. The Bertz CT molecular complexity index is 3580. The van der Waals surface area contributed by atoms with E-state index in [0.717, 1.165) is 66.1 Å². The van der Waals surface area contributed by atoms with Crippen LogP contribution in [0.15, 0.2) is 206 Å². The second kappa shape index (κ2) is 13.3. The second-order valence-corrected chi connectivity index (χ2v) is 15.8. The van der Waals surface area contributed by atoms with E-state index in [2.05, 4.69) is 202 Å². The number of fused-ring (bicyclic) bond motifs is 9. The van der Waals surface area contributed by atoms with Crippen molar-refractivity contribution in [2.45, 2.75) is 5.41 Å². The molecule has 0 saturated heterocycles. The first-order chi connectivity index (χ1) is 30.2. The Morgan fingerprint density at radius 1 is 0.410 bits per heavy atom. The molecule has 0 atom stereocenters. The van der Waals surface area contributed by atoms with Gasteiger partial charge in [0.15, 0.2) is 5.69 Å². The predicted molar refractivity (Wildman–Crippen MR) is 249 cm³/mol. The molecule has 1 aliphatic rings. The molecule has 1 aliphatic carbocycles. The summed E-state index contributed by atoms with van der Waals surface area (Å²) in [5.74, 6) is 0. The lowest BCUT2D eigenvalue weighted by Gasteiger charge is -2.34. The van der Waals surface area contributed by atoms with Crippen molar-refractivity contribution in [3.05, 3.63) is 245 Å². The monoisotopic (exact) mass is 774 g/mol. The highest BCUT2D eigenvalue weighted by Crippen LogP contribution is 2.57. The van der Waals surface area contributed by atoms with E-state index < -0.39 is 5.41 Å². The maximum Gasteiger partial charge on any atom is 0.188 e. The van der Waals surface area contributed by atoms with Crippen LogP contribution in [0, 0.1) is 17.9 Å². The third-order valence-corrected chi connectivity index (χ3v) is 12.8. The average molecular weight is 775 g/mol. The van der Waals surface area contributed by atoms with Gasteiger partial charge in [0.2, 0.25) is 0 Å². The minimum atomic E-state index is -0.588. The quantitative estimate of drug-likeness (QED) is 0.161. The summed E-state index contributed by atoms with van der Waals surface area (Å²) in [5, 5.41) is 15.1. The van der Waals surface area contributed by atoms with Gasteiger partial charge in [-0.25, -0.2) is 4.85 Å². The summed E-state index contributed by atoms with van der Waals surface area (Å²) in [4.78, 5) is 3.94. The van der Waals surface area contributed by atoms with Gasteiger partial charge in [-0.3, -0.25) is 0 Å². The van der Waals surface area contributed by atoms with Gasteiger partial charge in [-0.1, -0.05) is 152 Å². The van der Waals surface area contributed by atoms with Crippen molar-refractivity contribution in [2.75, 3.05) is 0 Å². The number of aromatic nitrogens is 2. The summed E-state index contributed by atoms with van der Waals surface area (Å²) in [6, 6.07) is 75.5. The molecular formula is C57H34N4. The van der Waals surface area contributed by atoms with Crippen molar-refractivity contribution >= 4 is 49.3 Å². The molecule has 282 valence electrons. The Morgan fingerprint density at radius 2 is 0.967 bits per heavy atom. The predicted octanol–water partition coefficient (Wildman–Crippen LogP) is 14.3. The molecule has 0 bridgehead atoms. The number of hydrogen-bond acceptors (Lipinski definition) is 1. The number of nitriles is 1. The number of benzene rings is 9. The van der Waals surface area contributed by atoms with Crippen molar-refractivity contribution in [1.29, 1.82) is 5.26 Å². The van der Waals surface area contributed by atoms with Crippen LogP contribution in [-0.4, -0.2) is 9.13 Å². The summed E-state index contributed by atoms with van der Waals surface area (Å²) in [6.45, 7) is 8.16. The van der Waals surface area contributed by atoms with Crippen LogP contribution in [0.4, 0.5) is 5.69 Å². The van der Waals surface area contributed by atoms with E-state index in [0.29, 0.717) is 11.3 Å². The van der Waals surface area contributed by atoms with Crippen LogP contribution in [0.2, 0.25) is 0 Å². The number of para-hydroxylation sites is 3. The largest absolute Gasteiger partial charge is 0.309 e. The normalized spacial score (nSPS) is 12.7. The van der Waals surface area contributed by atoms with Gasteiger partial charge in [-0.05, 0) is 93.5 Å². The zero-order chi connectivity index (χ0) is 40.7. The van der Waals surface area contributed by atoms with E-state index in [4.69, 9.17) is 6.57 Å². The third-order valence-electron chi connectivity index (χ3n) is 12.8. The van der Waals surface area contributed by atoms with Gasteiger partial charge < -0.3 is 9.13 Å². The lowest BCUT2D eigenvalue weighted by atomic mass is 9.67. The van der Waals surface area contributed by atoms with Gasteiger partial charge in [0, 0.05) is 27.1 Å². The standard InChI is InChI=1S/C57H34N4/c1-59-40-29-31-54(60-51-25-13-9-21-42(51)43-22-10-14-26-52(43)60)47(33-40)45-30-28-37(36-58)32-55(45)61-53-27-15-11-23-44(53)48-34-46-41-20-8-12-24-49(41)57(50(46)35-56(48)61,38-16-4-2-5-17-38)39-18-6-3-7-19-39/h2-35H. The summed E-state index contributed by atoms with van der Waals surface area (Å²) >= 11 is 0. The van der Waals surface area contributed by atoms with Crippen LogP contribution in [0.1, 0.15) is 27.8 Å². The number of nitrogens with zero attached hydrogens (tertiary/aromatic N) is 4. The molecule has 4 heteroatoms. The van der Waals surface area contributed by atoms with Gasteiger partial charge in [-0.15, -0.1) is 0 Å². The molecule has 0 unspecified atom stereocenters. The second-order valence-electron chi connectivity index (χ2n) is 15.8. The van der Waals surface area contributed by atoms with E-state index in [-0.39, 0.29) is 0 Å².